The number of benzene rings is 4. The maximum atomic E-state index is 13.7. The van der Waals surface area contributed by atoms with Crippen LogP contribution in [0.5, 0.6) is 23.5 Å². The SMILES string of the molecule is CC(C)(C)OC(=O)N1CC2COCC(C1)C2Oc1ncnc2c(-c3ccc(F)cc3C#N)csc12.CC(C)(C)OC(=O)N1CC2COCC(C1)C2Oc1ncnc2c(Br)csc12.CC(C)(O)C(C)(C)O[B]c1ccc(F)cc1C#N.CC1(OC(=O)N2CC3COCC(C2)C3Oc2ncnc3c(-c4ccc(F)cc4C#N)csc23)CC1.Cl.N#Cc1cc(F)ccc1-c1csc2c(OC3C4CNCC3COC4)ncnc12. The van der Waals surface area contributed by atoms with Gasteiger partial charge in [0.25, 0.3) is 0 Å². The minimum absolute atomic E-state index is 0. The molecule has 32 nitrogen and oxygen atoms in total. The maximum absolute atomic E-state index is 13.7. The number of ether oxygens (including phenoxy) is 11. The van der Waals surface area contributed by atoms with Crippen molar-refractivity contribution in [3.05, 3.63) is 170 Å². The van der Waals surface area contributed by atoms with E-state index in [1.54, 1.807) is 71.9 Å². The molecule has 1 radical (unpaired) electrons. The number of aromatic nitrogens is 8. The van der Waals surface area contributed by atoms with Crippen molar-refractivity contribution < 1.29 is 93.8 Å². The first kappa shape index (κ1) is 105. The van der Waals surface area contributed by atoms with Crippen molar-refractivity contribution in [3.63, 3.8) is 0 Å². The number of nitriles is 4. The summed E-state index contributed by atoms with van der Waals surface area (Å²) in [4.78, 5) is 78.3. The molecule has 753 valence electrons. The summed E-state index contributed by atoms with van der Waals surface area (Å²) in [5.41, 5.74) is 5.24. The molecule has 16 heterocycles. The lowest BCUT2D eigenvalue weighted by molar-refractivity contribution is -0.113. The maximum Gasteiger partial charge on any atom is 0.410 e. The van der Waals surface area contributed by atoms with E-state index in [4.69, 9.17) is 62.0 Å². The fourth-order valence-electron chi connectivity index (χ4n) is 18.2. The second kappa shape index (κ2) is 44.3. The molecule has 1 aliphatic carbocycles. The van der Waals surface area contributed by atoms with E-state index in [0.29, 0.717) is 166 Å². The van der Waals surface area contributed by atoms with Gasteiger partial charge in [-0.2, -0.15) is 21.0 Å². The minimum Gasteiger partial charge on any atom is -0.472 e. The standard InChI is InChI=1S/C25H23FN4O4S.C25H25FN4O4S.C20H17FN4O2S.C18H22BrN3O4S.C13H16BFNO2.ClH/c1-25(4-5-25)34-24(31)30-8-15-10-32-11-16(9-30)21(15)33-23-22-20(28-13-29-23)19(12-35-22)18-3-2-17(26)6-14(18)7-27;1-25(2,3)34-24(31)30-8-15-10-32-11-16(9-30)21(15)33-23-22-20(28-13-29-23)19(12-35-22)18-5-4-17(26)6-14(18)7-27;21-14-1-2-15(11(3-14)4-22)16-9-28-19-17(16)24-10-25-20(19)27-18-12-5-23-6-13(18)8-26-7-12;1-18(2,3)26-17(23)22-4-10-6-24-7-11(5-22)14(10)25-16-15-13(20-9-21-16)12(19)8-27-15;1-12(2,17)13(3,4)18-14-11-6-5-10(15)7-9(11)8-16;/h2-3,6,12-13,15-16,21H,4-5,8-11H2,1H3;4-6,12-13,15-16,21H,8-11H2,1-3H3;1-3,9-10,12-13,18,23H,5-8H2;8-11,14H,4-7H2,1-3H3;5-7,17H,1-4H3;1H. The Bertz CT molecular complexity index is 6670. The van der Waals surface area contributed by atoms with Gasteiger partial charge in [-0.15, -0.1) is 57.8 Å². The molecule has 3 amide bonds. The summed E-state index contributed by atoms with van der Waals surface area (Å²) in [6.45, 7) is 29.1. The van der Waals surface area contributed by atoms with Gasteiger partial charge in [-0.05, 0) is 159 Å². The van der Waals surface area contributed by atoms with E-state index >= 15 is 0 Å². The molecule has 8 unspecified atom stereocenters. The van der Waals surface area contributed by atoms with E-state index in [2.05, 4.69) is 79.3 Å². The van der Waals surface area contributed by atoms with Crippen LogP contribution in [0.15, 0.2) is 124 Å². The Balaban J connectivity index is 0.000000131. The zero-order valence-electron chi connectivity index (χ0n) is 80.5. The molecule has 9 aliphatic rings. The second-order valence-electron chi connectivity index (χ2n) is 39.7. The number of carbonyl (C=O) groups is 3. The van der Waals surface area contributed by atoms with E-state index in [-0.39, 0.29) is 118 Å². The summed E-state index contributed by atoms with van der Waals surface area (Å²) in [7, 11) is 1.37. The van der Waals surface area contributed by atoms with Crippen LogP contribution in [0.25, 0.3) is 74.2 Å². The highest BCUT2D eigenvalue weighted by Crippen LogP contribution is 2.47. The fraction of sp³-hybridized carbons (Fsp3) is 0.455. The summed E-state index contributed by atoms with van der Waals surface area (Å²) >= 11 is 9.38. The number of nitrogens with zero attached hydrogens (tertiary/aromatic N) is 15. The average Bonchev–Trinajstić information content (AvgIpc) is 1.56. The summed E-state index contributed by atoms with van der Waals surface area (Å²) in [6, 6.07) is 24.5. The van der Waals surface area contributed by atoms with Crippen molar-refractivity contribution >= 4 is 146 Å². The number of carbonyl (C=O) groups excluding carboxylic acids is 3. The molecular formula is C101H104BBrClF4N16O16S4. The molecule has 8 saturated heterocycles. The predicted molar refractivity (Wildman–Crippen MR) is 536 cm³/mol. The molecule has 8 bridgehead atoms. The van der Waals surface area contributed by atoms with Gasteiger partial charge in [0.15, 0.2) is 0 Å². The predicted octanol–water partition coefficient (Wildman–Crippen LogP) is 17.6. The van der Waals surface area contributed by atoms with Gasteiger partial charge in [-0.25, -0.2) is 71.8 Å². The zero-order chi connectivity index (χ0) is 101. The molecule has 0 spiro atoms. The number of amides is 3. The van der Waals surface area contributed by atoms with Crippen LogP contribution in [-0.4, -0.2) is 243 Å². The van der Waals surface area contributed by atoms with Crippen LogP contribution >= 0.6 is 73.7 Å². The molecule has 1 saturated carbocycles. The highest BCUT2D eigenvalue weighted by molar-refractivity contribution is 9.10. The van der Waals surface area contributed by atoms with Crippen molar-refractivity contribution in [1.82, 2.24) is 59.9 Å². The number of aliphatic hydroxyl groups is 1. The van der Waals surface area contributed by atoms with Gasteiger partial charge in [0.2, 0.25) is 23.5 Å². The number of fused-ring (bicyclic) bond motifs is 12. The Hall–Kier alpha value is -11.7. The number of hydrogen-bond donors (Lipinski definition) is 2. The van der Waals surface area contributed by atoms with Gasteiger partial charge in [0.1, 0.15) is 114 Å². The van der Waals surface area contributed by atoms with E-state index in [0.717, 1.165) is 77.5 Å². The Labute approximate surface area is 859 Å². The van der Waals surface area contributed by atoms with Crippen molar-refractivity contribution in [1.29, 1.82) is 21.0 Å². The normalized spacial score (nSPS) is 22.3. The third-order valence-electron chi connectivity index (χ3n) is 26.3. The molecule has 43 heteroatoms. The van der Waals surface area contributed by atoms with Crippen molar-refractivity contribution in [3.8, 4) is 81.2 Å². The largest absolute Gasteiger partial charge is 0.472 e. The molecule has 9 fully saturated rings. The summed E-state index contributed by atoms with van der Waals surface area (Å²) in [5, 5.41) is 58.3. The van der Waals surface area contributed by atoms with Crippen LogP contribution < -0.4 is 29.7 Å². The van der Waals surface area contributed by atoms with E-state index in [9.17, 15) is 52.8 Å². The van der Waals surface area contributed by atoms with Gasteiger partial charge in [0, 0.05) is 155 Å². The van der Waals surface area contributed by atoms with Crippen LogP contribution in [0.1, 0.15) is 111 Å². The lowest BCUT2D eigenvalue weighted by Crippen LogP contribution is -2.59. The monoisotopic (exact) mass is 2130 g/mol. The smallest absolute Gasteiger partial charge is 0.410 e. The number of thiophene rings is 4. The van der Waals surface area contributed by atoms with Crippen molar-refractivity contribution in [2.24, 2.45) is 47.3 Å². The Morgan fingerprint density at radius 2 is 0.736 bits per heavy atom. The lowest BCUT2D eigenvalue weighted by atomic mass is 9.80. The van der Waals surface area contributed by atoms with E-state index in [1.165, 1.54) is 115 Å². The number of halogens is 6. The first-order valence-corrected chi connectivity index (χ1v) is 50.9. The summed E-state index contributed by atoms with van der Waals surface area (Å²) in [5.74, 6) is 0.947. The van der Waals surface area contributed by atoms with Gasteiger partial charge >= 0.3 is 25.8 Å². The molecule has 12 aromatic rings. The number of rotatable bonds is 16. The molecule has 21 rings (SSSR count). The summed E-state index contributed by atoms with van der Waals surface area (Å²) in [6.07, 6.45) is 6.52. The number of hydrogen-bond acceptors (Lipinski definition) is 33. The molecule has 144 heavy (non-hydrogen) atoms. The average molecular weight is 2130 g/mol. The van der Waals surface area contributed by atoms with Crippen molar-refractivity contribution in [2.45, 2.75) is 141 Å². The van der Waals surface area contributed by atoms with Gasteiger partial charge in [-0.1, -0.05) is 24.3 Å². The second-order valence-corrected chi connectivity index (χ2v) is 44.1. The Morgan fingerprint density at radius 1 is 0.438 bits per heavy atom. The molecule has 8 aromatic heterocycles. The number of piperidine rings is 4. The van der Waals surface area contributed by atoms with Crippen LogP contribution in [0.2, 0.25) is 0 Å². The molecule has 8 aliphatic heterocycles. The molecular weight excluding hydrogens is 2020 g/mol. The zero-order valence-corrected chi connectivity index (χ0v) is 86.2. The van der Waals surface area contributed by atoms with E-state index < -0.39 is 45.7 Å². The van der Waals surface area contributed by atoms with Crippen LogP contribution in [-0.2, 0) is 37.8 Å². The van der Waals surface area contributed by atoms with Crippen molar-refractivity contribution in [2.75, 3.05) is 105 Å². The molecule has 8 atom stereocenters. The van der Waals surface area contributed by atoms with Crippen LogP contribution in [0, 0.1) is 116 Å². The van der Waals surface area contributed by atoms with Crippen LogP contribution in [0.3, 0.4) is 0 Å². The highest BCUT2D eigenvalue weighted by atomic mass is 79.9. The highest BCUT2D eigenvalue weighted by Gasteiger charge is 2.51. The summed E-state index contributed by atoms with van der Waals surface area (Å²) < 4.78 is 129. The Morgan fingerprint density at radius 3 is 1.06 bits per heavy atom. The first-order chi connectivity index (χ1) is 68.4. The Kier molecular flexibility index (Phi) is 32.3. The third-order valence-corrected chi connectivity index (χ3v) is 31.0. The number of nitrogens with one attached hydrogen (secondary N) is 1. The topological polar surface area (TPSA) is 402 Å². The van der Waals surface area contributed by atoms with Crippen LogP contribution in [0.4, 0.5) is 31.9 Å². The van der Waals surface area contributed by atoms with Gasteiger partial charge in [0.05, 0.1) is 132 Å². The third kappa shape index (κ3) is 24.0. The first-order valence-electron chi connectivity index (χ1n) is 46.6. The molecule has 2 N–H and O–H groups in total. The quantitative estimate of drug-likeness (QED) is 0.0515. The minimum atomic E-state index is -1.05. The lowest BCUT2D eigenvalue weighted by Gasteiger charge is -2.46. The van der Waals surface area contributed by atoms with Gasteiger partial charge in [-0.3, -0.25) is 0 Å². The van der Waals surface area contributed by atoms with Gasteiger partial charge < -0.3 is 81.9 Å². The van der Waals surface area contributed by atoms with E-state index in [1.807, 2.05) is 76.1 Å². The molecule has 4 aromatic carbocycles. The number of likely N-dealkylation sites (tertiary alicyclic amines) is 3. The fourth-order valence-corrected chi connectivity index (χ4v) is 22.6.